The molecule has 2 aliphatic heterocycles. The normalized spacial score (nSPS) is 25.5. The van der Waals surface area contributed by atoms with Crippen LogP contribution in [-0.4, -0.2) is 37.0 Å². The second kappa shape index (κ2) is 9.77. The Balaban J connectivity index is 0.00000242. The van der Waals surface area contributed by atoms with Crippen LogP contribution in [0.5, 0.6) is 0 Å². The van der Waals surface area contributed by atoms with Crippen LogP contribution in [0, 0.1) is 23.7 Å². The Morgan fingerprint density at radius 1 is 1.05 bits per heavy atom. The summed E-state index contributed by atoms with van der Waals surface area (Å²) < 4.78 is 0. The summed E-state index contributed by atoms with van der Waals surface area (Å²) in [5.41, 5.74) is 0. The first-order valence-corrected chi connectivity index (χ1v) is 9.06. The topological polar surface area (TPSA) is 32.3 Å². The molecule has 2 rings (SSSR count). The van der Waals surface area contributed by atoms with Crippen LogP contribution in [0.25, 0.3) is 0 Å². The van der Waals surface area contributed by atoms with E-state index in [4.69, 9.17) is 0 Å². The molecule has 0 bridgehead atoms. The second-order valence-corrected chi connectivity index (χ2v) is 7.58. The van der Waals surface area contributed by atoms with E-state index in [0.29, 0.717) is 11.8 Å². The third-order valence-corrected chi connectivity index (χ3v) is 5.75. The van der Waals surface area contributed by atoms with E-state index in [9.17, 15) is 4.79 Å². The van der Waals surface area contributed by atoms with Crippen LogP contribution < -0.4 is 5.32 Å². The van der Waals surface area contributed by atoms with Gasteiger partial charge in [0.05, 0.1) is 0 Å². The van der Waals surface area contributed by atoms with Gasteiger partial charge in [-0.25, -0.2) is 0 Å². The van der Waals surface area contributed by atoms with Crippen LogP contribution in [0.2, 0.25) is 0 Å². The van der Waals surface area contributed by atoms with E-state index in [-0.39, 0.29) is 12.4 Å². The standard InChI is InChI=1S/C18H34N2O.ClH/c1-14(2)16-5-4-11-20(12-8-16)18(21)13-15(3)17-6-9-19-10-7-17;/h14-17,19H,4-13H2,1-3H3;1H. The van der Waals surface area contributed by atoms with E-state index in [1.165, 1.54) is 32.1 Å². The molecule has 2 unspecified atom stereocenters. The summed E-state index contributed by atoms with van der Waals surface area (Å²) in [6.45, 7) is 11.2. The first-order chi connectivity index (χ1) is 10.1. The number of piperidine rings is 1. The molecular formula is C18H35ClN2O. The van der Waals surface area contributed by atoms with Gasteiger partial charge in [-0.3, -0.25) is 4.79 Å². The predicted molar refractivity (Wildman–Crippen MR) is 95.4 cm³/mol. The van der Waals surface area contributed by atoms with Gasteiger partial charge in [-0.05, 0) is 68.9 Å². The summed E-state index contributed by atoms with van der Waals surface area (Å²) in [5.74, 6) is 3.26. The number of amides is 1. The van der Waals surface area contributed by atoms with Crippen LogP contribution in [0.15, 0.2) is 0 Å². The Hall–Kier alpha value is -0.280. The number of carbonyl (C=O) groups excluding carboxylic acids is 1. The molecule has 4 heteroatoms. The largest absolute Gasteiger partial charge is 0.343 e. The van der Waals surface area contributed by atoms with Crippen molar-refractivity contribution in [2.45, 2.75) is 59.3 Å². The van der Waals surface area contributed by atoms with Gasteiger partial charge in [-0.2, -0.15) is 0 Å². The van der Waals surface area contributed by atoms with E-state index in [1.807, 2.05) is 0 Å². The Bertz CT molecular complexity index is 329. The highest BCUT2D eigenvalue weighted by molar-refractivity contribution is 5.85. The van der Waals surface area contributed by atoms with E-state index >= 15 is 0 Å². The van der Waals surface area contributed by atoms with Gasteiger partial charge in [0.2, 0.25) is 5.91 Å². The van der Waals surface area contributed by atoms with Crippen LogP contribution in [-0.2, 0) is 4.79 Å². The number of hydrogen-bond acceptors (Lipinski definition) is 2. The van der Waals surface area contributed by atoms with Gasteiger partial charge in [0.25, 0.3) is 0 Å². The number of nitrogens with zero attached hydrogens (tertiary/aromatic N) is 1. The minimum Gasteiger partial charge on any atom is -0.343 e. The summed E-state index contributed by atoms with van der Waals surface area (Å²) in [6.07, 6.45) is 6.93. The average Bonchev–Trinajstić information content (AvgIpc) is 2.74. The van der Waals surface area contributed by atoms with E-state index in [1.54, 1.807) is 0 Å². The zero-order chi connectivity index (χ0) is 15.2. The molecule has 0 aromatic carbocycles. The van der Waals surface area contributed by atoms with Crippen molar-refractivity contribution in [3.05, 3.63) is 0 Å². The van der Waals surface area contributed by atoms with Gasteiger partial charge in [0, 0.05) is 19.5 Å². The summed E-state index contributed by atoms with van der Waals surface area (Å²) in [6, 6.07) is 0. The fourth-order valence-corrected chi connectivity index (χ4v) is 4.02. The lowest BCUT2D eigenvalue weighted by atomic mass is 9.84. The molecule has 2 saturated heterocycles. The maximum absolute atomic E-state index is 12.6. The summed E-state index contributed by atoms with van der Waals surface area (Å²) in [4.78, 5) is 14.7. The number of rotatable bonds is 4. The zero-order valence-corrected chi connectivity index (χ0v) is 15.5. The van der Waals surface area contributed by atoms with Crippen molar-refractivity contribution >= 4 is 18.3 Å². The highest BCUT2D eigenvalue weighted by Gasteiger charge is 2.26. The van der Waals surface area contributed by atoms with Crippen molar-refractivity contribution < 1.29 is 4.79 Å². The molecule has 0 aromatic heterocycles. The van der Waals surface area contributed by atoms with Crippen LogP contribution in [0.3, 0.4) is 0 Å². The highest BCUT2D eigenvalue weighted by atomic mass is 35.5. The molecule has 0 radical (unpaired) electrons. The Kier molecular flexibility index (Phi) is 8.78. The molecule has 2 aliphatic rings. The molecule has 130 valence electrons. The molecule has 2 heterocycles. The Labute approximate surface area is 143 Å². The van der Waals surface area contributed by atoms with Crippen molar-refractivity contribution in [3.63, 3.8) is 0 Å². The summed E-state index contributed by atoms with van der Waals surface area (Å²) in [5, 5.41) is 3.41. The molecule has 2 fully saturated rings. The molecule has 0 aromatic rings. The van der Waals surface area contributed by atoms with Gasteiger partial charge in [-0.15, -0.1) is 12.4 Å². The molecule has 0 aliphatic carbocycles. The average molecular weight is 331 g/mol. The number of likely N-dealkylation sites (tertiary alicyclic amines) is 1. The number of hydrogen-bond donors (Lipinski definition) is 1. The zero-order valence-electron chi connectivity index (χ0n) is 14.6. The van der Waals surface area contributed by atoms with Gasteiger partial charge < -0.3 is 10.2 Å². The van der Waals surface area contributed by atoms with Crippen LogP contribution in [0.4, 0.5) is 0 Å². The van der Waals surface area contributed by atoms with Crippen molar-refractivity contribution in [2.75, 3.05) is 26.2 Å². The molecule has 2 atom stereocenters. The first-order valence-electron chi connectivity index (χ1n) is 9.06. The van der Waals surface area contributed by atoms with Crippen molar-refractivity contribution in [3.8, 4) is 0 Å². The van der Waals surface area contributed by atoms with Gasteiger partial charge in [-0.1, -0.05) is 20.8 Å². The van der Waals surface area contributed by atoms with Gasteiger partial charge in [0.1, 0.15) is 0 Å². The molecule has 0 spiro atoms. The summed E-state index contributed by atoms with van der Waals surface area (Å²) >= 11 is 0. The molecule has 1 N–H and O–H groups in total. The molecule has 1 amide bonds. The molecule has 3 nitrogen and oxygen atoms in total. The first kappa shape index (κ1) is 19.8. The summed E-state index contributed by atoms with van der Waals surface area (Å²) in [7, 11) is 0. The Morgan fingerprint density at radius 2 is 1.73 bits per heavy atom. The third-order valence-electron chi connectivity index (χ3n) is 5.75. The number of nitrogens with one attached hydrogen (secondary N) is 1. The van der Waals surface area contributed by atoms with Gasteiger partial charge >= 0.3 is 0 Å². The van der Waals surface area contributed by atoms with Crippen molar-refractivity contribution in [1.82, 2.24) is 10.2 Å². The van der Waals surface area contributed by atoms with Crippen molar-refractivity contribution in [2.24, 2.45) is 23.7 Å². The minimum atomic E-state index is 0. The van der Waals surface area contributed by atoms with E-state index in [2.05, 4.69) is 31.0 Å². The molecular weight excluding hydrogens is 296 g/mol. The lowest BCUT2D eigenvalue weighted by Gasteiger charge is -2.30. The van der Waals surface area contributed by atoms with E-state index < -0.39 is 0 Å². The maximum Gasteiger partial charge on any atom is 0.222 e. The lowest BCUT2D eigenvalue weighted by Crippen LogP contribution is -2.36. The Morgan fingerprint density at radius 3 is 2.36 bits per heavy atom. The van der Waals surface area contributed by atoms with Crippen molar-refractivity contribution in [1.29, 1.82) is 0 Å². The minimum absolute atomic E-state index is 0. The molecule has 0 saturated carbocycles. The molecule has 22 heavy (non-hydrogen) atoms. The van der Waals surface area contributed by atoms with Gasteiger partial charge in [0.15, 0.2) is 0 Å². The van der Waals surface area contributed by atoms with E-state index in [0.717, 1.165) is 50.4 Å². The number of carbonyl (C=O) groups is 1. The predicted octanol–water partition coefficient (Wildman–Crippen LogP) is 3.72. The SMILES string of the molecule is CC(C)C1CCCN(C(=O)CC(C)C2CCNCC2)CC1.Cl. The smallest absolute Gasteiger partial charge is 0.222 e. The monoisotopic (exact) mass is 330 g/mol. The fraction of sp³-hybridized carbons (Fsp3) is 0.944. The fourth-order valence-electron chi connectivity index (χ4n) is 4.02. The highest BCUT2D eigenvalue weighted by Crippen LogP contribution is 2.27. The number of halogens is 1. The third kappa shape index (κ3) is 5.73. The van der Waals surface area contributed by atoms with Crippen LogP contribution >= 0.6 is 12.4 Å². The second-order valence-electron chi connectivity index (χ2n) is 7.58. The lowest BCUT2D eigenvalue weighted by molar-refractivity contribution is -0.132. The maximum atomic E-state index is 12.6. The quantitative estimate of drug-likeness (QED) is 0.852. The van der Waals surface area contributed by atoms with Crippen LogP contribution in [0.1, 0.15) is 59.3 Å².